The summed E-state index contributed by atoms with van der Waals surface area (Å²) in [5.74, 6) is 1.28. The number of aromatic nitrogens is 1. The maximum atomic E-state index is 12.1. The minimum Gasteiger partial charge on any atom is -0.486 e. The monoisotopic (exact) mass is 322 g/mol. The summed E-state index contributed by atoms with van der Waals surface area (Å²) in [5, 5.41) is 2.86. The predicted molar refractivity (Wildman–Crippen MR) is 84.0 cm³/mol. The molecule has 1 aliphatic rings. The third-order valence-corrected chi connectivity index (χ3v) is 4.41. The van der Waals surface area contributed by atoms with E-state index in [-0.39, 0.29) is 5.91 Å². The number of aromatic amines is 1. The Hall–Kier alpha value is -1.86. The third kappa shape index (κ3) is 3.25. The first-order valence-electron chi connectivity index (χ1n) is 6.50. The van der Waals surface area contributed by atoms with Crippen LogP contribution in [-0.2, 0) is 11.2 Å². The van der Waals surface area contributed by atoms with E-state index >= 15 is 0 Å². The normalized spacial score (nSPS) is 13.0. The minimum absolute atomic E-state index is 0.0833. The molecule has 0 radical (unpaired) electrons. The quantitative estimate of drug-likeness (QED) is 0.853. The number of amides is 1. The number of hydrogen-bond donors (Lipinski definition) is 2. The number of carbonyl (C=O) groups is 1. The highest BCUT2D eigenvalue weighted by Crippen LogP contribution is 2.32. The highest BCUT2D eigenvalue weighted by Gasteiger charge is 2.14. The van der Waals surface area contributed by atoms with Crippen LogP contribution < -0.4 is 14.8 Å². The van der Waals surface area contributed by atoms with Crippen molar-refractivity contribution in [3.05, 3.63) is 32.7 Å². The van der Waals surface area contributed by atoms with Gasteiger partial charge in [-0.1, -0.05) is 0 Å². The lowest BCUT2D eigenvalue weighted by Crippen LogP contribution is -2.17. The fraction of sp³-hybridized carbons (Fsp3) is 0.286. The van der Waals surface area contributed by atoms with Gasteiger partial charge in [-0.3, -0.25) is 4.79 Å². The van der Waals surface area contributed by atoms with E-state index < -0.39 is 0 Å². The van der Waals surface area contributed by atoms with Crippen molar-refractivity contribution in [2.75, 3.05) is 18.5 Å². The van der Waals surface area contributed by atoms with Crippen LogP contribution in [0.2, 0.25) is 0 Å². The van der Waals surface area contributed by atoms with Crippen molar-refractivity contribution in [1.82, 2.24) is 4.98 Å². The Morgan fingerprint density at radius 1 is 1.38 bits per heavy atom. The molecule has 0 atom stereocenters. The molecule has 5 nitrogen and oxygen atoms in total. The van der Waals surface area contributed by atoms with Gasteiger partial charge in [0.25, 0.3) is 0 Å². The Morgan fingerprint density at radius 2 is 2.14 bits per heavy atom. The molecule has 7 heteroatoms. The van der Waals surface area contributed by atoms with E-state index in [1.54, 1.807) is 18.2 Å². The van der Waals surface area contributed by atoms with Crippen LogP contribution in [0.1, 0.15) is 10.6 Å². The van der Waals surface area contributed by atoms with E-state index in [4.69, 9.17) is 21.7 Å². The van der Waals surface area contributed by atoms with Gasteiger partial charge >= 0.3 is 0 Å². The van der Waals surface area contributed by atoms with Gasteiger partial charge in [0.15, 0.2) is 15.5 Å². The number of H-pyrrole nitrogens is 1. The van der Waals surface area contributed by atoms with Crippen LogP contribution in [0, 0.1) is 10.9 Å². The van der Waals surface area contributed by atoms with E-state index in [9.17, 15) is 4.79 Å². The molecule has 1 amide bonds. The first-order valence-corrected chi connectivity index (χ1v) is 7.72. The molecule has 1 aromatic heterocycles. The standard InChI is InChI=1S/C14H14N2O3S2/c1-8-12(21-14(20)15-8)7-13(17)16-9-2-3-10-11(6-9)19-5-4-18-10/h2-3,6H,4-5,7H2,1H3,(H,15,20)(H,16,17). The zero-order chi connectivity index (χ0) is 14.8. The molecule has 2 aromatic rings. The number of benzene rings is 1. The molecular weight excluding hydrogens is 308 g/mol. The maximum Gasteiger partial charge on any atom is 0.229 e. The number of nitrogens with one attached hydrogen (secondary N) is 2. The highest BCUT2D eigenvalue weighted by atomic mass is 32.1. The fourth-order valence-corrected chi connectivity index (χ4v) is 3.37. The number of ether oxygens (including phenoxy) is 2. The fourth-order valence-electron chi connectivity index (χ4n) is 2.08. The molecule has 0 spiro atoms. The average molecular weight is 322 g/mol. The molecule has 3 rings (SSSR count). The second-order valence-corrected chi connectivity index (χ2v) is 6.42. The molecule has 2 N–H and O–H groups in total. The van der Waals surface area contributed by atoms with Crippen molar-refractivity contribution in [2.24, 2.45) is 0 Å². The topological polar surface area (TPSA) is 63.4 Å². The smallest absolute Gasteiger partial charge is 0.229 e. The summed E-state index contributed by atoms with van der Waals surface area (Å²) in [5.41, 5.74) is 1.64. The van der Waals surface area contributed by atoms with Gasteiger partial charge in [0.1, 0.15) is 13.2 Å². The molecule has 1 aliphatic heterocycles. The summed E-state index contributed by atoms with van der Waals surface area (Å²) in [6.45, 7) is 2.99. The zero-order valence-electron chi connectivity index (χ0n) is 11.4. The Labute approximate surface area is 130 Å². The van der Waals surface area contributed by atoms with Crippen LogP contribution in [0.3, 0.4) is 0 Å². The van der Waals surface area contributed by atoms with Crippen LogP contribution in [0.5, 0.6) is 11.5 Å². The highest BCUT2D eigenvalue weighted by molar-refractivity contribution is 7.73. The molecule has 0 saturated heterocycles. The van der Waals surface area contributed by atoms with Crippen molar-refractivity contribution in [1.29, 1.82) is 0 Å². The summed E-state index contributed by atoms with van der Waals surface area (Å²) in [6, 6.07) is 5.38. The molecule has 0 aliphatic carbocycles. The lowest BCUT2D eigenvalue weighted by Gasteiger charge is -2.19. The van der Waals surface area contributed by atoms with Crippen molar-refractivity contribution in [3.63, 3.8) is 0 Å². The van der Waals surface area contributed by atoms with Crippen LogP contribution in [0.15, 0.2) is 18.2 Å². The second kappa shape index (κ2) is 5.87. The van der Waals surface area contributed by atoms with Crippen molar-refractivity contribution >= 4 is 35.1 Å². The van der Waals surface area contributed by atoms with Gasteiger partial charge < -0.3 is 19.8 Å². The number of rotatable bonds is 3. The number of thiazole rings is 1. The van der Waals surface area contributed by atoms with Crippen molar-refractivity contribution in [3.8, 4) is 11.5 Å². The van der Waals surface area contributed by atoms with Crippen LogP contribution in [0.25, 0.3) is 0 Å². The van der Waals surface area contributed by atoms with Crippen molar-refractivity contribution < 1.29 is 14.3 Å². The SMILES string of the molecule is Cc1[nH]c(=S)sc1CC(=O)Nc1ccc2c(c1)OCCO2. The summed E-state index contributed by atoms with van der Waals surface area (Å²) in [6.07, 6.45) is 0.304. The van der Waals surface area contributed by atoms with E-state index in [0.29, 0.717) is 40.8 Å². The van der Waals surface area contributed by atoms with Gasteiger partial charge in [-0.15, -0.1) is 11.3 Å². The maximum absolute atomic E-state index is 12.1. The number of carbonyl (C=O) groups excluding carboxylic acids is 1. The minimum atomic E-state index is -0.0833. The van der Waals surface area contributed by atoms with Crippen LogP contribution in [-0.4, -0.2) is 24.1 Å². The Balaban J connectivity index is 1.70. The molecule has 0 unspecified atom stereocenters. The number of fused-ring (bicyclic) bond motifs is 1. The number of hydrogen-bond acceptors (Lipinski definition) is 5. The summed E-state index contributed by atoms with van der Waals surface area (Å²) in [4.78, 5) is 16.1. The first kappa shape index (κ1) is 14.1. The van der Waals surface area contributed by atoms with Gasteiger partial charge in [0.2, 0.25) is 5.91 Å². The van der Waals surface area contributed by atoms with Gasteiger partial charge in [-0.25, -0.2) is 0 Å². The van der Waals surface area contributed by atoms with Gasteiger partial charge in [-0.2, -0.15) is 0 Å². The Morgan fingerprint density at radius 3 is 2.86 bits per heavy atom. The van der Waals surface area contributed by atoms with E-state index in [0.717, 1.165) is 10.6 Å². The van der Waals surface area contributed by atoms with E-state index in [1.807, 2.05) is 6.92 Å². The van der Waals surface area contributed by atoms with E-state index in [1.165, 1.54) is 11.3 Å². The largest absolute Gasteiger partial charge is 0.486 e. The predicted octanol–water partition coefficient (Wildman–Crippen LogP) is 3.07. The Bertz CT molecular complexity index is 736. The van der Waals surface area contributed by atoms with E-state index in [2.05, 4.69) is 10.3 Å². The van der Waals surface area contributed by atoms with Gasteiger partial charge in [-0.05, 0) is 31.3 Å². The second-order valence-electron chi connectivity index (χ2n) is 4.65. The van der Waals surface area contributed by atoms with Gasteiger partial charge in [0.05, 0.1) is 6.42 Å². The average Bonchev–Trinajstić information content (AvgIpc) is 2.76. The Kier molecular flexibility index (Phi) is 3.94. The lowest BCUT2D eigenvalue weighted by molar-refractivity contribution is -0.115. The summed E-state index contributed by atoms with van der Waals surface area (Å²) in [7, 11) is 0. The number of anilines is 1. The molecule has 21 heavy (non-hydrogen) atoms. The lowest BCUT2D eigenvalue weighted by atomic mass is 10.2. The molecule has 0 bridgehead atoms. The molecule has 1 aromatic carbocycles. The zero-order valence-corrected chi connectivity index (χ0v) is 13.0. The molecular formula is C14H14N2O3S2. The molecule has 0 fully saturated rings. The number of aryl methyl sites for hydroxylation is 1. The van der Waals surface area contributed by atoms with Gasteiger partial charge in [0, 0.05) is 22.3 Å². The summed E-state index contributed by atoms with van der Waals surface area (Å²) >= 11 is 6.50. The third-order valence-electron chi connectivity index (χ3n) is 3.07. The first-order chi connectivity index (χ1) is 10.1. The summed E-state index contributed by atoms with van der Waals surface area (Å²) < 4.78 is 11.6. The van der Waals surface area contributed by atoms with Crippen molar-refractivity contribution in [2.45, 2.75) is 13.3 Å². The molecule has 0 saturated carbocycles. The molecule has 110 valence electrons. The van der Waals surface area contributed by atoms with Crippen LogP contribution >= 0.6 is 23.6 Å². The molecule has 2 heterocycles. The van der Waals surface area contributed by atoms with Crippen LogP contribution in [0.4, 0.5) is 5.69 Å².